The molecular formula is C18H18ClNO5S. The lowest BCUT2D eigenvalue weighted by molar-refractivity contribution is 0.0600. The number of rotatable bonds is 5. The van der Waals surface area contributed by atoms with E-state index in [1.165, 1.54) is 35.7 Å². The van der Waals surface area contributed by atoms with Crippen molar-refractivity contribution in [3.05, 3.63) is 59.1 Å². The number of benzene rings is 2. The molecule has 2 aromatic rings. The monoisotopic (exact) mass is 395 g/mol. The molecule has 1 fully saturated rings. The number of esters is 1. The van der Waals surface area contributed by atoms with Crippen molar-refractivity contribution in [2.45, 2.75) is 17.4 Å². The molecule has 0 N–H and O–H groups in total. The Bertz CT molecular complexity index is 898. The molecule has 8 heteroatoms. The Balaban J connectivity index is 1.73. The summed E-state index contributed by atoms with van der Waals surface area (Å²) in [5, 5.41) is 0.610. The first-order valence-electron chi connectivity index (χ1n) is 8.01. The average molecular weight is 396 g/mol. The summed E-state index contributed by atoms with van der Waals surface area (Å²) in [7, 11) is -2.46. The molecule has 26 heavy (non-hydrogen) atoms. The van der Waals surface area contributed by atoms with Crippen molar-refractivity contribution in [3.63, 3.8) is 0 Å². The molecule has 6 nitrogen and oxygen atoms in total. The highest BCUT2D eigenvalue weighted by Crippen LogP contribution is 2.25. The van der Waals surface area contributed by atoms with Crippen LogP contribution >= 0.6 is 11.6 Å². The SMILES string of the molecule is COC(=O)c1cccc(S(=O)(=O)N2CCC(Oc3ccc(Cl)cc3)C2)c1. The predicted octanol–water partition coefficient (Wildman–Crippen LogP) is 2.97. The van der Waals surface area contributed by atoms with Crippen molar-refractivity contribution >= 4 is 27.6 Å². The number of ether oxygens (including phenoxy) is 2. The van der Waals surface area contributed by atoms with E-state index in [1.54, 1.807) is 24.3 Å². The molecule has 138 valence electrons. The fourth-order valence-electron chi connectivity index (χ4n) is 2.77. The molecule has 1 saturated heterocycles. The van der Waals surface area contributed by atoms with Gasteiger partial charge in [0.2, 0.25) is 10.0 Å². The van der Waals surface area contributed by atoms with E-state index >= 15 is 0 Å². The van der Waals surface area contributed by atoms with Gasteiger partial charge in [0, 0.05) is 11.6 Å². The molecule has 3 rings (SSSR count). The van der Waals surface area contributed by atoms with Crippen LogP contribution in [0.25, 0.3) is 0 Å². The highest BCUT2D eigenvalue weighted by Gasteiger charge is 2.34. The van der Waals surface area contributed by atoms with Crippen molar-refractivity contribution in [1.82, 2.24) is 4.31 Å². The minimum atomic E-state index is -3.71. The second-order valence-electron chi connectivity index (χ2n) is 5.86. The minimum Gasteiger partial charge on any atom is -0.489 e. The molecule has 1 aliphatic heterocycles. The van der Waals surface area contributed by atoms with E-state index < -0.39 is 16.0 Å². The summed E-state index contributed by atoms with van der Waals surface area (Å²) in [6.07, 6.45) is 0.341. The lowest BCUT2D eigenvalue weighted by Crippen LogP contribution is -2.31. The van der Waals surface area contributed by atoms with Crippen LogP contribution in [-0.2, 0) is 14.8 Å². The number of hydrogen-bond acceptors (Lipinski definition) is 5. The number of halogens is 1. The topological polar surface area (TPSA) is 72.9 Å². The van der Waals surface area contributed by atoms with Gasteiger partial charge >= 0.3 is 5.97 Å². The number of nitrogens with zero attached hydrogens (tertiary/aromatic N) is 1. The third-order valence-electron chi connectivity index (χ3n) is 4.12. The third kappa shape index (κ3) is 4.00. The smallest absolute Gasteiger partial charge is 0.337 e. The molecule has 0 spiro atoms. The van der Waals surface area contributed by atoms with Crippen LogP contribution in [0.2, 0.25) is 5.02 Å². The van der Waals surface area contributed by atoms with E-state index in [0.717, 1.165) is 0 Å². The van der Waals surface area contributed by atoms with Crippen molar-refractivity contribution in [1.29, 1.82) is 0 Å². The summed E-state index contributed by atoms with van der Waals surface area (Å²) in [6.45, 7) is 0.594. The Hall–Kier alpha value is -2.09. The first-order chi connectivity index (χ1) is 12.4. The summed E-state index contributed by atoms with van der Waals surface area (Å²) in [5.41, 5.74) is 0.196. The second kappa shape index (κ2) is 7.65. The Morgan fingerprint density at radius 2 is 1.92 bits per heavy atom. The maximum Gasteiger partial charge on any atom is 0.337 e. The van der Waals surface area contributed by atoms with Crippen LogP contribution in [0.4, 0.5) is 0 Å². The molecule has 1 heterocycles. The standard InChI is InChI=1S/C18H18ClNO5S/c1-24-18(21)13-3-2-4-17(11-13)26(22,23)20-10-9-16(12-20)25-15-7-5-14(19)6-8-15/h2-8,11,16H,9-10,12H2,1H3. The van der Waals surface area contributed by atoms with E-state index in [0.29, 0.717) is 23.7 Å². The summed E-state index contributed by atoms with van der Waals surface area (Å²) >= 11 is 5.85. The van der Waals surface area contributed by atoms with E-state index in [9.17, 15) is 13.2 Å². The fraction of sp³-hybridized carbons (Fsp3) is 0.278. The summed E-state index contributed by atoms with van der Waals surface area (Å²) in [5.74, 6) is 0.0683. The van der Waals surface area contributed by atoms with Crippen molar-refractivity contribution < 1.29 is 22.7 Å². The maximum absolute atomic E-state index is 12.8. The summed E-state index contributed by atoms with van der Waals surface area (Å²) in [4.78, 5) is 11.7. The van der Waals surface area contributed by atoms with Gasteiger partial charge in [0.15, 0.2) is 0 Å². The number of sulfonamides is 1. The minimum absolute atomic E-state index is 0.0625. The zero-order chi connectivity index (χ0) is 18.7. The molecule has 0 radical (unpaired) electrons. The van der Waals surface area contributed by atoms with Crippen LogP contribution in [0.3, 0.4) is 0 Å². The van der Waals surface area contributed by atoms with Gasteiger partial charge in [-0.3, -0.25) is 0 Å². The van der Waals surface area contributed by atoms with E-state index in [4.69, 9.17) is 16.3 Å². The molecule has 1 atom stereocenters. The van der Waals surface area contributed by atoms with Gasteiger partial charge in [-0.25, -0.2) is 13.2 Å². The Labute approximate surface area is 157 Å². The average Bonchev–Trinajstić information content (AvgIpc) is 3.12. The molecule has 2 aromatic carbocycles. The largest absolute Gasteiger partial charge is 0.489 e. The maximum atomic E-state index is 12.8. The number of carbonyl (C=O) groups excluding carboxylic acids is 1. The number of carbonyl (C=O) groups is 1. The number of hydrogen-bond donors (Lipinski definition) is 0. The van der Waals surface area contributed by atoms with Crippen LogP contribution in [0.15, 0.2) is 53.4 Å². The van der Waals surface area contributed by atoms with Gasteiger partial charge in [0.1, 0.15) is 11.9 Å². The van der Waals surface area contributed by atoms with Crippen LogP contribution < -0.4 is 4.74 Å². The lowest BCUT2D eigenvalue weighted by Gasteiger charge is -2.17. The van der Waals surface area contributed by atoms with Crippen molar-refractivity contribution in [2.75, 3.05) is 20.2 Å². The predicted molar refractivity (Wildman–Crippen MR) is 97.0 cm³/mol. The first-order valence-corrected chi connectivity index (χ1v) is 9.83. The Morgan fingerprint density at radius 1 is 1.19 bits per heavy atom. The van der Waals surface area contributed by atoms with E-state index in [1.807, 2.05) is 0 Å². The molecule has 0 saturated carbocycles. The molecule has 1 unspecified atom stereocenters. The molecule has 0 aromatic heterocycles. The normalized spacial score (nSPS) is 17.8. The van der Waals surface area contributed by atoms with Crippen LogP contribution in [0, 0.1) is 0 Å². The highest BCUT2D eigenvalue weighted by molar-refractivity contribution is 7.89. The third-order valence-corrected chi connectivity index (χ3v) is 6.23. The first kappa shape index (κ1) is 18.7. The van der Waals surface area contributed by atoms with Crippen LogP contribution in [0.5, 0.6) is 5.75 Å². The van der Waals surface area contributed by atoms with Gasteiger partial charge in [-0.15, -0.1) is 0 Å². The molecule has 1 aliphatic rings. The van der Waals surface area contributed by atoms with Gasteiger partial charge in [0.05, 0.1) is 24.1 Å². The summed E-state index contributed by atoms with van der Waals surface area (Å²) < 4.78 is 37.5. The molecule has 0 amide bonds. The quantitative estimate of drug-likeness (QED) is 0.728. The van der Waals surface area contributed by atoms with Gasteiger partial charge in [-0.2, -0.15) is 4.31 Å². The van der Waals surface area contributed by atoms with E-state index in [-0.39, 0.29) is 23.1 Å². The Kier molecular flexibility index (Phi) is 5.50. The fourth-order valence-corrected chi connectivity index (χ4v) is 4.43. The van der Waals surface area contributed by atoms with E-state index in [2.05, 4.69) is 4.74 Å². The van der Waals surface area contributed by atoms with Crippen molar-refractivity contribution in [2.24, 2.45) is 0 Å². The van der Waals surface area contributed by atoms with Crippen LogP contribution in [-0.4, -0.2) is 45.0 Å². The second-order valence-corrected chi connectivity index (χ2v) is 8.24. The number of methoxy groups -OCH3 is 1. The lowest BCUT2D eigenvalue weighted by atomic mass is 10.2. The summed E-state index contributed by atoms with van der Waals surface area (Å²) in [6, 6.07) is 12.8. The van der Waals surface area contributed by atoms with Crippen LogP contribution in [0.1, 0.15) is 16.8 Å². The highest BCUT2D eigenvalue weighted by atomic mass is 35.5. The molecular weight excluding hydrogens is 378 g/mol. The van der Waals surface area contributed by atoms with Gasteiger partial charge < -0.3 is 9.47 Å². The zero-order valence-corrected chi connectivity index (χ0v) is 15.7. The molecule has 0 aliphatic carbocycles. The zero-order valence-electron chi connectivity index (χ0n) is 14.1. The molecule has 0 bridgehead atoms. The van der Waals surface area contributed by atoms with Gasteiger partial charge in [-0.1, -0.05) is 17.7 Å². The van der Waals surface area contributed by atoms with Crippen molar-refractivity contribution in [3.8, 4) is 5.75 Å². The Morgan fingerprint density at radius 3 is 2.62 bits per heavy atom. The van der Waals surface area contributed by atoms with Gasteiger partial charge in [0.25, 0.3) is 0 Å². The van der Waals surface area contributed by atoms with Gasteiger partial charge in [-0.05, 0) is 48.9 Å².